The van der Waals surface area contributed by atoms with Crippen LogP contribution in [0, 0.1) is 13.8 Å². The van der Waals surface area contributed by atoms with Gasteiger partial charge in [0.15, 0.2) is 0 Å². The van der Waals surface area contributed by atoms with Gasteiger partial charge in [0, 0.05) is 10.6 Å². The van der Waals surface area contributed by atoms with Gasteiger partial charge < -0.3 is 5.11 Å². The molecule has 0 radical (unpaired) electrons. The van der Waals surface area contributed by atoms with Gasteiger partial charge in [-0.1, -0.05) is 75.3 Å². The molecule has 1 atom stereocenters. The fourth-order valence-electron chi connectivity index (χ4n) is 3.62. The van der Waals surface area contributed by atoms with Crippen LogP contribution in [0.3, 0.4) is 0 Å². The van der Waals surface area contributed by atoms with Crippen LogP contribution in [0.1, 0.15) is 11.1 Å². The molecule has 162 valence electrons. The summed E-state index contributed by atoms with van der Waals surface area (Å²) in [6.07, 6.45) is 0. The van der Waals surface area contributed by atoms with Crippen LogP contribution in [0.15, 0.2) is 97.1 Å². The molecule has 4 aromatic rings. The number of aromatic hydroxyl groups is 1. The monoisotopic (exact) mass is 533 g/mol. The standard InChI is InChI=1S/C26H24OP2.2ClH.Ti/c1-19-11-9-17-23(25(19)27)28-26-20(2)12-10-18-24(26)29(21-13-5-3-6-14-21)22-15-7-4-8-16-22;;;/h3-18,27-28H,1-2H3;2*1H;/q;;;+2/p-1. The van der Waals surface area contributed by atoms with E-state index in [0.717, 1.165) is 10.9 Å². The van der Waals surface area contributed by atoms with E-state index in [2.05, 4.69) is 91.9 Å². The van der Waals surface area contributed by atoms with Crippen LogP contribution >= 0.6 is 35.1 Å². The van der Waals surface area contributed by atoms with E-state index >= 15 is 0 Å². The molecule has 0 bridgehead atoms. The number of halogens is 2. The van der Waals surface area contributed by atoms with Crippen molar-refractivity contribution in [1.82, 2.24) is 0 Å². The summed E-state index contributed by atoms with van der Waals surface area (Å²) in [6, 6.07) is 34.4. The third-order valence-corrected chi connectivity index (χ3v) is 9.78. The van der Waals surface area contributed by atoms with Crippen molar-refractivity contribution >= 4 is 61.6 Å². The second-order valence-corrected chi connectivity index (χ2v) is 13.6. The molecule has 0 amide bonds. The van der Waals surface area contributed by atoms with Gasteiger partial charge in [0.05, 0.1) is 7.92 Å². The van der Waals surface area contributed by atoms with E-state index in [-0.39, 0.29) is 0 Å². The van der Waals surface area contributed by atoms with Crippen LogP contribution in [0.25, 0.3) is 0 Å². The Kier molecular flexibility index (Phi) is 10.3. The van der Waals surface area contributed by atoms with Crippen molar-refractivity contribution in [2.45, 2.75) is 13.8 Å². The molecule has 0 aliphatic rings. The fourth-order valence-corrected chi connectivity index (χ4v) is 8.17. The molecule has 1 unspecified atom stereocenters. The van der Waals surface area contributed by atoms with Crippen molar-refractivity contribution in [3.05, 3.63) is 108 Å². The number of hydrogen-bond acceptors (Lipinski definition) is 1. The molecule has 0 heterocycles. The summed E-state index contributed by atoms with van der Waals surface area (Å²) in [5.41, 5.74) is 2.22. The average Bonchev–Trinajstić information content (AvgIpc) is 2.81. The van der Waals surface area contributed by atoms with Gasteiger partial charge in [-0.3, -0.25) is 0 Å². The molecular formula is C26H25Cl2OP2Ti+. The first kappa shape index (κ1) is 25.5. The predicted octanol–water partition coefficient (Wildman–Crippen LogP) is 5.51. The van der Waals surface area contributed by atoms with Crippen LogP contribution in [-0.2, 0) is 17.0 Å². The Labute approximate surface area is 210 Å². The van der Waals surface area contributed by atoms with Gasteiger partial charge in [0.2, 0.25) is 0 Å². The summed E-state index contributed by atoms with van der Waals surface area (Å²) < 4.78 is 0. The summed E-state index contributed by atoms with van der Waals surface area (Å²) >= 11 is -0.556. The first-order valence-corrected chi connectivity index (χ1v) is 17.0. The summed E-state index contributed by atoms with van der Waals surface area (Å²) in [6.45, 7) is 4.15. The third-order valence-electron chi connectivity index (χ3n) is 5.16. The topological polar surface area (TPSA) is 20.2 Å². The molecule has 1 N–H and O–H groups in total. The second-order valence-electron chi connectivity index (χ2n) is 7.27. The molecule has 32 heavy (non-hydrogen) atoms. The molecule has 0 saturated carbocycles. The molecule has 0 aromatic heterocycles. The molecule has 0 aliphatic carbocycles. The molecule has 0 aliphatic heterocycles. The maximum absolute atomic E-state index is 10.6. The van der Waals surface area contributed by atoms with Crippen molar-refractivity contribution in [2.75, 3.05) is 0 Å². The molecule has 0 fully saturated rings. The number of aryl methyl sites for hydroxylation is 2. The van der Waals surface area contributed by atoms with E-state index in [1.165, 1.54) is 26.8 Å². The first-order chi connectivity index (χ1) is 15.6. The van der Waals surface area contributed by atoms with Crippen LogP contribution < -0.4 is 26.5 Å². The minimum atomic E-state index is -1.15. The van der Waals surface area contributed by atoms with E-state index < -0.39 is 25.0 Å². The van der Waals surface area contributed by atoms with E-state index in [0.29, 0.717) is 14.3 Å². The maximum atomic E-state index is 10.6. The zero-order chi connectivity index (χ0) is 22.9. The predicted molar refractivity (Wildman–Crippen MR) is 143 cm³/mol. The number of phenolic OH excluding ortho intramolecular Hbond substituents is 1. The van der Waals surface area contributed by atoms with Crippen LogP contribution in [0.4, 0.5) is 0 Å². The van der Waals surface area contributed by atoms with Crippen LogP contribution in [0.5, 0.6) is 5.75 Å². The Morgan fingerprint density at radius 2 is 1.19 bits per heavy atom. The second kappa shape index (κ2) is 12.9. The normalized spacial score (nSPS) is 10.8. The Balaban J connectivity index is 0.000000913. The molecular weight excluding hydrogens is 509 g/mol. The van der Waals surface area contributed by atoms with Gasteiger partial charge in [-0.05, 0) is 55.3 Å². The Morgan fingerprint density at radius 1 is 0.688 bits per heavy atom. The van der Waals surface area contributed by atoms with Gasteiger partial charge in [-0.15, -0.1) is 0 Å². The van der Waals surface area contributed by atoms with Crippen LogP contribution in [-0.4, -0.2) is 5.11 Å². The van der Waals surface area contributed by atoms with E-state index in [4.69, 9.17) is 18.6 Å². The molecule has 4 rings (SSSR count). The molecule has 1 nitrogen and oxygen atoms in total. The summed E-state index contributed by atoms with van der Waals surface area (Å²) in [5, 5.41) is 17.2. The zero-order valence-corrected chi connectivity index (χ0v) is 23.0. The average molecular weight is 534 g/mol. The van der Waals surface area contributed by atoms with Crippen molar-refractivity contribution in [2.24, 2.45) is 0 Å². The minimum absolute atomic E-state index is 0.424. The van der Waals surface area contributed by atoms with Crippen molar-refractivity contribution < 1.29 is 22.1 Å². The number of rotatable bonds is 5. The molecule has 0 saturated heterocycles. The first-order valence-electron chi connectivity index (χ1n) is 10.2. The third kappa shape index (κ3) is 6.45. The van der Waals surface area contributed by atoms with Crippen molar-refractivity contribution in [3.8, 4) is 5.75 Å². The Bertz CT molecular complexity index is 1100. The van der Waals surface area contributed by atoms with Crippen molar-refractivity contribution in [1.29, 1.82) is 0 Å². The summed E-state index contributed by atoms with van der Waals surface area (Å²) in [5.74, 6) is 0.424. The van der Waals surface area contributed by atoms with Gasteiger partial charge in [-0.2, -0.15) is 0 Å². The van der Waals surface area contributed by atoms with Gasteiger partial charge in [0.1, 0.15) is 21.7 Å². The van der Waals surface area contributed by atoms with E-state index in [1.54, 1.807) is 0 Å². The quantitative estimate of drug-likeness (QED) is 0.265. The fraction of sp³-hybridized carbons (Fsp3) is 0.0769. The van der Waals surface area contributed by atoms with E-state index in [1.807, 2.05) is 19.1 Å². The summed E-state index contributed by atoms with van der Waals surface area (Å²) in [7, 11) is 9.06. The zero-order valence-electron chi connectivity index (χ0n) is 17.9. The van der Waals surface area contributed by atoms with Gasteiger partial charge >= 0.3 is 35.6 Å². The number of phenols is 1. The Morgan fingerprint density at radius 3 is 1.75 bits per heavy atom. The van der Waals surface area contributed by atoms with Crippen molar-refractivity contribution in [3.63, 3.8) is 0 Å². The Hall–Kier alpha value is -1.17. The SMILES string of the molecule is Cc1cccc(Pc2c(C)cccc2[PH+](c2ccccc2)c2ccccc2)c1O.[Cl][Ti][Cl]. The number of hydrogen-bond donors (Lipinski definition) is 1. The number of para-hydroxylation sites is 1. The molecule has 0 spiro atoms. The number of benzene rings is 4. The summed E-state index contributed by atoms with van der Waals surface area (Å²) in [4.78, 5) is 0. The van der Waals surface area contributed by atoms with Gasteiger partial charge in [0.25, 0.3) is 0 Å². The van der Waals surface area contributed by atoms with E-state index in [9.17, 15) is 5.11 Å². The molecule has 4 aromatic carbocycles. The molecule has 6 heteroatoms. The van der Waals surface area contributed by atoms with Crippen LogP contribution in [0.2, 0.25) is 0 Å². The van der Waals surface area contributed by atoms with Gasteiger partial charge in [-0.25, -0.2) is 0 Å².